The van der Waals surface area contributed by atoms with Crippen LogP contribution in [0.15, 0.2) is 24.3 Å². The molecule has 1 aromatic rings. The second kappa shape index (κ2) is 5.82. The number of nitrogens with one attached hydrogen (secondary N) is 1. The van der Waals surface area contributed by atoms with Crippen molar-refractivity contribution < 1.29 is 9.90 Å². The van der Waals surface area contributed by atoms with Crippen molar-refractivity contribution in [3.05, 3.63) is 35.4 Å². The van der Waals surface area contributed by atoms with Crippen LogP contribution in [-0.4, -0.2) is 23.2 Å². The molecule has 94 valence electrons. The quantitative estimate of drug-likeness (QED) is 0.821. The maximum absolute atomic E-state index is 12.0. The summed E-state index contributed by atoms with van der Waals surface area (Å²) < 4.78 is 0. The van der Waals surface area contributed by atoms with Crippen LogP contribution in [0.25, 0.3) is 0 Å². The van der Waals surface area contributed by atoms with Crippen molar-refractivity contribution in [3.63, 3.8) is 0 Å². The molecule has 0 aromatic heterocycles. The number of hydrogen-bond acceptors (Lipinski definition) is 2. The average molecular weight is 235 g/mol. The molecule has 0 bridgehead atoms. The highest BCUT2D eigenvalue weighted by Crippen LogP contribution is 2.11. The van der Waals surface area contributed by atoms with Gasteiger partial charge in [0.25, 0.3) is 5.91 Å². The summed E-state index contributed by atoms with van der Waals surface area (Å²) in [6.07, 6.45) is 1.90. The molecule has 1 rings (SSSR count). The molecule has 0 heterocycles. The zero-order chi connectivity index (χ0) is 12.9. The third-order valence-electron chi connectivity index (χ3n) is 2.46. The second-order valence-electron chi connectivity index (χ2n) is 4.90. The fourth-order valence-electron chi connectivity index (χ4n) is 1.62. The van der Waals surface area contributed by atoms with Gasteiger partial charge in [0.15, 0.2) is 0 Å². The summed E-state index contributed by atoms with van der Waals surface area (Å²) in [6, 6.07) is 7.60. The molecular formula is C14H21NO2. The van der Waals surface area contributed by atoms with E-state index < -0.39 is 5.60 Å². The van der Waals surface area contributed by atoms with Crippen molar-refractivity contribution in [1.29, 1.82) is 0 Å². The van der Waals surface area contributed by atoms with Gasteiger partial charge in [-0.2, -0.15) is 0 Å². The van der Waals surface area contributed by atoms with Crippen molar-refractivity contribution in [2.45, 2.75) is 39.2 Å². The Balaban J connectivity index is 2.74. The molecule has 0 aliphatic rings. The number of aliphatic hydroxyl groups is 1. The molecule has 2 N–H and O–H groups in total. The zero-order valence-corrected chi connectivity index (χ0v) is 10.8. The molecule has 0 aliphatic heterocycles. The largest absolute Gasteiger partial charge is 0.389 e. The number of amides is 1. The number of hydrogen-bond donors (Lipinski definition) is 2. The van der Waals surface area contributed by atoms with Crippen molar-refractivity contribution in [1.82, 2.24) is 5.32 Å². The first-order valence-electron chi connectivity index (χ1n) is 6.02. The van der Waals surface area contributed by atoms with Gasteiger partial charge < -0.3 is 10.4 Å². The molecule has 1 amide bonds. The maximum atomic E-state index is 12.0. The Morgan fingerprint density at radius 2 is 2.00 bits per heavy atom. The number of aryl methyl sites for hydroxylation is 1. The summed E-state index contributed by atoms with van der Waals surface area (Å²) in [7, 11) is 0. The van der Waals surface area contributed by atoms with Gasteiger partial charge in [0.05, 0.1) is 5.60 Å². The van der Waals surface area contributed by atoms with E-state index in [4.69, 9.17) is 0 Å². The molecule has 0 aliphatic carbocycles. The Kier molecular flexibility index (Phi) is 4.70. The van der Waals surface area contributed by atoms with E-state index >= 15 is 0 Å². The highest BCUT2D eigenvalue weighted by atomic mass is 16.3. The normalized spacial score (nSPS) is 11.3. The molecule has 17 heavy (non-hydrogen) atoms. The Bertz CT molecular complexity index is 380. The summed E-state index contributed by atoms with van der Waals surface area (Å²) in [5, 5.41) is 12.3. The van der Waals surface area contributed by atoms with Crippen LogP contribution in [0.3, 0.4) is 0 Å². The summed E-state index contributed by atoms with van der Waals surface area (Å²) >= 11 is 0. The van der Waals surface area contributed by atoms with Crippen molar-refractivity contribution in [2.75, 3.05) is 6.54 Å². The lowest BCUT2D eigenvalue weighted by Gasteiger charge is -2.18. The van der Waals surface area contributed by atoms with E-state index in [1.54, 1.807) is 13.8 Å². The van der Waals surface area contributed by atoms with Gasteiger partial charge in [-0.1, -0.05) is 31.5 Å². The molecule has 0 saturated carbocycles. The van der Waals surface area contributed by atoms with Gasteiger partial charge in [-0.3, -0.25) is 4.79 Å². The van der Waals surface area contributed by atoms with Crippen LogP contribution in [0.2, 0.25) is 0 Å². The van der Waals surface area contributed by atoms with Crippen molar-refractivity contribution in [3.8, 4) is 0 Å². The zero-order valence-electron chi connectivity index (χ0n) is 10.8. The summed E-state index contributed by atoms with van der Waals surface area (Å²) in [5.74, 6) is -0.115. The number of carbonyl (C=O) groups is 1. The van der Waals surface area contributed by atoms with Crippen LogP contribution in [-0.2, 0) is 6.42 Å². The monoisotopic (exact) mass is 235 g/mol. The van der Waals surface area contributed by atoms with Crippen LogP contribution in [0, 0.1) is 0 Å². The standard InChI is InChI=1S/C14H21NO2/c1-4-7-11-8-5-6-9-12(11)13(16)15-10-14(2,3)17/h5-6,8-9,17H,4,7,10H2,1-3H3,(H,15,16). The van der Waals surface area contributed by atoms with Gasteiger partial charge in [-0.25, -0.2) is 0 Å². The minimum absolute atomic E-state index is 0.115. The lowest BCUT2D eigenvalue weighted by Crippen LogP contribution is -2.38. The Hall–Kier alpha value is -1.35. The minimum Gasteiger partial charge on any atom is -0.389 e. The van der Waals surface area contributed by atoms with E-state index in [0.29, 0.717) is 5.56 Å². The van der Waals surface area contributed by atoms with Crippen LogP contribution >= 0.6 is 0 Å². The predicted molar refractivity (Wildman–Crippen MR) is 69.1 cm³/mol. The van der Waals surface area contributed by atoms with E-state index in [2.05, 4.69) is 12.2 Å². The molecule has 3 heteroatoms. The fourth-order valence-corrected chi connectivity index (χ4v) is 1.62. The van der Waals surface area contributed by atoms with E-state index in [1.807, 2.05) is 24.3 Å². The molecule has 0 fully saturated rings. The highest BCUT2D eigenvalue weighted by molar-refractivity contribution is 5.95. The van der Waals surface area contributed by atoms with Crippen LogP contribution < -0.4 is 5.32 Å². The lowest BCUT2D eigenvalue weighted by molar-refractivity contribution is 0.0694. The summed E-state index contributed by atoms with van der Waals surface area (Å²) in [4.78, 5) is 12.0. The molecule has 1 aromatic carbocycles. The molecule has 0 atom stereocenters. The second-order valence-corrected chi connectivity index (χ2v) is 4.90. The van der Waals surface area contributed by atoms with Crippen molar-refractivity contribution in [2.24, 2.45) is 0 Å². The fraction of sp³-hybridized carbons (Fsp3) is 0.500. The molecule has 0 spiro atoms. The lowest BCUT2D eigenvalue weighted by atomic mass is 10.0. The van der Waals surface area contributed by atoms with E-state index in [9.17, 15) is 9.90 Å². The van der Waals surface area contributed by atoms with Gasteiger partial charge in [-0.15, -0.1) is 0 Å². The van der Waals surface area contributed by atoms with Crippen LogP contribution in [0.5, 0.6) is 0 Å². The average Bonchev–Trinajstić information content (AvgIpc) is 2.26. The number of rotatable bonds is 5. The topological polar surface area (TPSA) is 49.3 Å². The first kappa shape index (κ1) is 13.7. The molecular weight excluding hydrogens is 214 g/mol. The van der Waals surface area contributed by atoms with E-state index in [-0.39, 0.29) is 12.5 Å². The first-order valence-corrected chi connectivity index (χ1v) is 6.02. The Morgan fingerprint density at radius 1 is 1.35 bits per heavy atom. The third-order valence-corrected chi connectivity index (χ3v) is 2.46. The van der Waals surface area contributed by atoms with E-state index in [1.165, 1.54) is 0 Å². The minimum atomic E-state index is -0.880. The summed E-state index contributed by atoms with van der Waals surface area (Å²) in [5.41, 5.74) is 0.886. The van der Waals surface area contributed by atoms with Gasteiger partial charge in [-0.05, 0) is 31.9 Å². The predicted octanol–water partition coefficient (Wildman–Crippen LogP) is 2.14. The molecule has 0 saturated heterocycles. The Labute approximate surface area is 103 Å². The highest BCUT2D eigenvalue weighted by Gasteiger charge is 2.16. The van der Waals surface area contributed by atoms with Crippen LogP contribution in [0.1, 0.15) is 43.1 Å². The van der Waals surface area contributed by atoms with Gasteiger partial charge in [0, 0.05) is 12.1 Å². The maximum Gasteiger partial charge on any atom is 0.251 e. The molecule has 0 unspecified atom stereocenters. The SMILES string of the molecule is CCCc1ccccc1C(=O)NCC(C)(C)O. The van der Waals surface area contributed by atoms with Crippen molar-refractivity contribution >= 4 is 5.91 Å². The first-order chi connectivity index (χ1) is 7.94. The van der Waals surface area contributed by atoms with E-state index in [0.717, 1.165) is 18.4 Å². The molecule has 0 radical (unpaired) electrons. The van der Waals surface area contributed by atoms with Gasteiger partial charge in [0.2, 0.25) is 0 Å². The van der Waals surface area contributed by atoms with Crippen LogP contribution in [0.4, 0.5) is 0 Å². The summed E-state index contributed by atoms with van der Waals surface area (Å²) in [6.45, 7) is 5.69. The van der Waals surface area contributed by atoms with Gasteiger partial charge in [0.1, 0.15) is 0 Å². The number of benzene rings is 1. The van der Waals surface area contributed by atoms with Gasteiger partial charge >= 0.3 is 0 Å². The smallest absolute Gasteiger partial charge is 0.251 e. The molecule has 3 nitrogen and oxygen atoms in total. The Morgan fingerprint density at radius 3 is 2.59 bits per heavy atom. The number of carbonyl (C=O) groups excluding carboxylic acids is 1. The third kappa shape index (κ3) is 4.57.